The van der Waals surface area contributed by atoms with Gasteiger partial charge >= 0.3 is 0 Å². The van der Waals surface area contributed by atoms with Crippen LogP contribution in [0, 0.1) is 0 Å². The summed E-state index contributed by atoms with van der Waals surface area (Å²) in [6.07, 6.45) is 0. The maximum Gasteiger partial charge on any atom is 0.160 e. The van der Waals surface area contributed by atoms with Crippen LogP contribution in [0.2, 0.25) is 0 Å². The Morgan fingerprint density at radius 1 is 0.333 bits per heavy atom. The summed E-state index contributed by atoms with van der Waals surface area (Å²) in [6, 6.07) is 71.9. The third kappa shape index (κ3) is 6.08. The third-order valence-electron chi connectivity index (χ3n) is 11.9. The molecule has 0 saturated carbocycles. The molecule has 0 atom stereocenters. The van der Waals surface area contributed by atoms with Crippen molar-refractivity contribution in [3.63, 3.8) is 0 Å². The van der Waals surface area contributed by atoms with Crippen molar-refractivity contribution in [2.24, 2.45) is 0 Å². The Bertz CT molecular complexity index is 3370. The van der Waals surface area contributed by atoms with Crippen LogP contribution in [-0.2, 0) is 5.41 Å². The molecule has 0 saturated heterocycles. The Morgan fingerprint density at radius 3 is 1.27 bits per heavy atom. The number of benzene rings is 8. The average Bonchev–Trinajstić information content (AvgIpc) is 3.81. The van der Waals surface area contributed by atoms with Gasteiger partial charge in [0.1, 0.15) is 0 Å². The fraction of sp³-hybridized carbons (Fsp3) is 0.0714. The molecule has 0 aliphatic carbocycles. The lowest BCUT2D eigenvalue weighted by molar-refractivity contribution is 0.590. The molecule has 3 heterocycles. The number of aromatic nitrogens is 4. The first-order valence-corrected chi connectivity index (χ1v) is 20.7. The van der Waals surface area contributed by atoms with Crippen LogP contribution in [0.3, 0.4) is 0 Å². The molecule has 0 unspecified atom stereocenters. The zero-order valence-corrected chi connectivity index (χ0v) is 33.8. The van der Waals surface area contributed by atoms with E-state index < -0.39 is 0 Å². The van der Waals surface area contributed by atoms with E-state index in [1.54, 1.807) is 0 Å². The van der Waals surface area contributed by atoms with E-state index in [1.165, 1.54) is 66.0 Å². The molecule has 0 radical (unpaired) electrons. The molecule has 0 N–H and O–H groups in total. The van der Waals surface area contributed by atoms with Gasteiger partial charge in [-0.05, 0) is 88.8 Å². The van der Waals surface area contributed by atoms with Gasteiger partial charge in [0.25, 0.3) is 0 Å². The van der Waals surface area contributed by atoms with Crippen LogP contribution in [0.15, 0.2) is 200 Å². The van der Waals surface area contributed by atoms with Crippen molar-refractivity contribution >= 4 is 43.6 Å². The normalized spacial score (nSPS) is 11.9. The largest absolute Gasteiger partial charge is 0.309 e. The molecule has 0 spiro atoms. The molecular formula is C56H42N4. The lowest BCUT2D eigenvalue weighted by atomic mass is 9.86. The molecule has 8 aromatic carbocycles. The van der Waals surface area contributed by atoms with Gasteiger partial charge in [0.2, 0.25) is 0 Å². The maximum absolute atomic E-state index is 5.12. The van der Waals surface area contributed by atoms with Gasteiger partial charge in [-0.3, -0.25) is 0 Å². The first-order chi connectivity index (χ1) is 29.4. The van der Waals surface area contributed by atoms with Crippen LogP contribution < -0.4 is 0 Å². The van der Waals surface area contributed by atoms with Crippen LogP contribution in [0.25, 0.3) is 100 Å². The highest BCUT2D eigenvalue weighted by molar-refractivity contribution is 6.12. The molecule has 60 heavy (non-hydrogen) atoms. The minimum Gasteiger partial charge on any atom is -0.309 e. The summed E-state index contributed by atoms with van der Waals surface area (Å²) in [4.78, 5) is 10.2. The molecule has 286 valence electrons. The molecule has 0 aliphatic rings. The zero-order valence-electron chi connectivity index (χ0n) is 33.8. The fourth-order valence-electron chi connectivity index (χ4n) is 8.82. The Balaban J connectivity index is 0.991. The highest BCUT2D eigenvalue weighted by Gasteiger charge is 2.18. The molecule has 0 bridgehead atoms. The van der Waals surface area contributed by atoms with Gasteiger partial charge in [-0.1, -0.05) is 154 Å². The average molecular weight is 771 g/mol. The number of fused-ring (bicyclic) bond motifs is 6. The molecule has 3 aromatic heterocycles. The summed E-state index contributed by atoms with van der Waals surface area (Å²) in [5, 5.41) is 4.96. The number of para-hydroxylation sites is 3. The molecule has 0 aliphatic heterocycles. The van der Waals surface area contributed by atoms with Gasteiger partial charge in [0.05, 0.1) is 33.5 Å². The lowest BCUT2D eigenvalue weighted by Gasteiger charge is -2.19. The molecule has 0 amide bonds. The van der Waals surface area contributed by atoms with Gasteiger partial charge in [-0.2, -0.15) is 0 Å². The highest BCUT2D eigenvalue weighted by Crippen LogP contribution is 2.39. The molecule has 4 heteroatoms. The fourth-order valence-corrected chi connectivity index (χ4v) is 8.82. The number of hydrogen-bond donors (Lipinski definition) is 0. The summed E-state index contributed by atoms with van der Waals surface area (Å²) in [5.74, 6) is 0.714. The van der Waals surface area contributed by atoms with Crippen molar-refractivity contribution < 1.29 is 0 Å². The van der Waals surface area contributed by atoms with Crippen LogP contribution in [0.1, 0.15) is 26.3 Å². The standard InChI is InChI=1S/C56H42N4/c1-56(2,3)42-28-22-37(23-29-42)49-36-50(58-55(57-49)39-14-6-4-7-15-39)38-24-30-44(31-25-38)60-52-21-13-11-19-46(52)48-35-41(27-33-54(48)60)40-26-32-53-47(34-40)45-18-10-12-20-51(45)59(53)43-16-8-5-9-17-43/h4-36H,1-3H3. The van der Waals surface area contributed by atoms with E-state index in [2.05, 4.69) is 212 Å². The van der Waals surface area contributed by atoms with Crippen LogP contribution in [-0.4, -0.2) is 19.1 Å². The second kappa shape index (κ2) is 14.1. The topological polar surface area (TPSA) is 35.6 Å². The van der Waals surface area contributed by atoms with E-state index in [9.17, 15) is 0 Å². The van der Waals surface area contributed by atoms with Crippen LogP contribution in [0.5, 0.6) is 0 Å². The molecular weight excluding hydrogens is 729 g/mol. The lowest BCUT2D eigenvalue weighted by Crippen LogP contribution is -2.10. The summed E-state index contributed by atoms with van der Waals surface area (Å²) >= 11 is 0. The summed E-state index contributed by atoms with van der Waals surface area (Å²) in [6.45, 7) is 6.73. The Labute approximate surface area is 349 Å². The maximum atomic E-state index is 5.12. The SMILES string of the molecule is CC(C)(C)c1ccc(-c2cc(-c3ccc(-n4c5ccccc5c5cc(-c6ccc7c(c6)c6ccccc6n7-c6ccccc6)ccc54)cc3)nc(-c3ccccc3)n2)cc1. The highest BCUT2D eigenvalue weighted by atomic mass is 15.0. The van der Waals surface area contributed by atoms with E-state index >= 15 is 0 Å². The molecule has 11 aromatic rings. The van der Waals surface area contributed by atoms with Gasteiger partial charge in [0, 0.05) is 49.6 Å². The number of hydrogen-bond acceptors (Lipinski definition) is 2. The summed E-state index contributed by atoms with van der Waals surface area (Å²) in [5.41, 5.74) is 15.7. The Morgan fingerprint density at radius 2 is 0.750 bits per heavy atom. The Kier molecular flexibility index (Phi) is 8.35. The van der Waals surface area contributed by atoms with E-state index in [0.717, 1.165) is 33.8 Å². The smallest absolute Gasteiger partial charge is 0.160 e. The molecule has 4 nitrogen and oxygen atoms in total. The second-order valence-electron chi connectivity index (χ2n) is 16.7. The van der Waals surface area contributed by atoms with Crippen LogP contribution >= 0.6 is 0 Å². The predicted octanol–water partition coefficient (Wildman–Crippen LogP) is 14.6. The number of nitrogens with zero attached hydrogens (tertiary/aromatic N) is 4. The van der Waals surface area contributed by atoms with E-state index in [-0.39, 0.29) is 5.41 Å². The van der Waals surface area contributed by atoms with Crippen molar-refractivity contribution in [3.8, 4) is 56.4 Å². The van der Waals surface area contributed by atoms with Gasteiger partial charge < -0.3 is 9.13 Å². The minimum atomic E-state index is 0.0758. The van der Waals surface area contributed by atoms with Gasteiger partial charge in [-0.15, -0.1) is 0 Å². The van der Waals surface area contributed by atoms with Crippen molar-refractivity contribution in [3.05, 3.63) is 206 Å². The monoisotopic (exact) mass is 770 g/mol. The third-order valence-corrected chi connectivity index (χ3v) is 11.9. The first-order valence-electron chi connectivity index (χ1n) is 20.7. The summed E-state index contributed by atoms with van der Waals surface area (Å²) < 4.78 is 4.75. The van der Waals surface area contributed by atoms with Gasteiger partial charge in [0.15, 0.2) is 5.82 Å². The van der Waals surface area contributed by atoms with E-state index in [1.807, 2.05) is 18.2 Å². The van der Waals surface area contributed by atoms with Crippen LogP contribution in [0.4, 0.5) is 0 Å². The van der Waals surface area contributed by atoms with Crippen molar-refractivity contribution in [1.29, 1.82) is 0 Å². The molecule has 11 rings (SSSR count). The van der Waals surface area contributed by atoms with Gasteiger partial charge in [-0.25, -0.2) is 9.97 Å². The Hall–Kier alpha value is -7.56. The minimum absolute atomic E-state index is 0.0758. The second-order valence-corrected chi connectivity index (χ2v) is 16.7. The number of rotatable bonds is 6. The van der Waals surface area contributed by atoms with Crippen molar-refractivity contribution in [2.45, 2.75) is 26.2 Å². The quantitative estimate of drug-likeness (QED) is 0.169. The van der Waals surface area contributed by atoms with Crippen molar-refractivity contribution in [1.82, 2.24) is 19.1 Å². The first kappa shape index (κ1) is 35.6. The van der Waals surface area contributed by atoms with E-state index in [0.29, 0.717) is 5.82 Å². The van der Waals surface area contributed by atoms with E-state index in [4.69, 9.17) is 9.97 Å². The van der Waals surface area contributed by atoms with Crippen molar-refractivity contribution in [2.75, 3.05) is 0 Å². The summed E-state index contributed by atoms with van der Waals surface area (Å²) in [7, 11) is 0. The molecule has 0 fully saturated rings. The predicted molar refractivity (Wildman–Crippen MR) is 251 cm³/mol. The zero-order chi connectivity index (χ0) is 40.4.